The number of hydrogen-bond donors (Lipinski definition) is 1. The molecule has 5 heteroatoms. The molecule has 0 fully saturated rings. The van der Waals surface area contributed by atoms with Crippen molar-refractivity contribution in [3.63, 3.8) is 0 Å². The summed E-state index contributed by atoms with van der Waals surface area (Å²) in [4.78, 5) is 10.4. The van der Waals surface area contributed by atoms with Crippen LogP contribution in [0.1, 0.15) is 0 Å². The van der Waals surface area contributed by atoms with Gasteiger partial charge in [0.25, 0.3) is 5.91 Å². The molecule has 1 aromatic carbocycles. The second kappa shape index (κ2) is 4.48. The van der Waals surface area contributed by atoms with Crippen molar-refractivity contribution in [2.24, 2.45) is 5.73 Å². The summed E-state index contributed by atoms with van der Waals surface area (Å²) < 4.78 is 5.80. The average Bonchev–Trinajstić information content (AvgIpc) is 2.07. The summed E-state index contributed by atoms with van der Waals surface area (Å²) in [5.41, 5.74) is 4.90. The molecule has 0 bridgehead atoms. The summed E-state index contributed by atoms with van der Waals surface area (Å²) in [6, 6.07) is 5.03. The van der Waals surface area contributed by atoms with Gasteiger partial charge in [0.15, 0.2) is 6.61 Å². The highest BCUT2D eigenvalue weighted by Gasteiger charge is 2.00. The molecule has 1 aromatic rings. The SMILES string of the molecule is NC(=O)COc1ccc(Br)c(Cl)c1. The fourth-order valence-corrected chi connectivity index (χ4v) is 1.14. The predicted octanol–water partition coefficient (Wildman–Crippen LogP) is 1.97. The third kappa shape index (κ3) is 3.24. The minimum atomic E-state index is -0.515. The van der Waals surface area contributed by atoms with Gasteiger partial charge in [-0.2, -0.15) is 0 Å². The molecule has 0 unspecified atom stereocenters. The molecule has 0 heterocycles. The maximum Gasteiger partial charge on any atom is 0.255 e. The van der Waals surface area contributed by atoms with Crippen LogP contribution in [0.15, 0.2) is 22.7 Å². The van der Waals surface area contributed by atoms with Gasteiger partial charge in [-0.25, -0.2) is 0 Å². The van der Waals surface area contributed by atoms with Gasteiger partial charge in [-0.1, -0.05) is 11.6 Å². The van der Waals surface area contributed by atoms with Crippen molar-refractivity contribution in [3.05, 3.63) is 27.7 Å². The van der Waals surface area contributed by atoms with E-state index in [1.54, 1.807) is 18.2 Å². The number of carbonyl (C=O) groups excluding carboxylic acids is 1. The van der Waals surface area contributed by atoms with Crippen molar-refractivity contribution < 1.29 is 9.53 Å². The lowest BCUT2D eigenvalue weighted by Gasteiger charge is -2.04. The van der Waals surface area contributed by atoms with Gasteiger partial charge >= 0.3 is 0 Å². The summed E-state index contributed by atoms with van der Waals surface area (Å²) in [6.07, 6.45) is 0. The first kappa shape index (κ1) is 10.3. The molecule has 0 saturated heterocycles. The molecule has 3 nitrogen and oxygen atoms in total. The minimum Gasteiger partial charge on any atom is -0.484 e. The van der Waals surface area contributed by atoms with Gasteiger partial charge in [-0.3, -0.25) is 4.79 Å². The van der Waals surface area contributed by atoms with E-state index in [1.165, 1.54) is 0 Å². The highest BCUT2D eigenvalue weighted by molar-refractivity contribution is 9.10. The van der Waals surface area contributed by atoms with E-state index in [0.29, 0.717) is 10.8 Å². The van der Waals surface area contributed by atoms with Gasteiger partial charge < -0.3 is 10.5 Å². The van der Waals surface area contributed by atoms with E-state index in [-0.39, 0.29) is 6.61 Å². The molecule has 0 aromatic heterocycles. The second-order valence-electron chi connectivity index (χ2n) is 2.33. The molecule has 0 saturated carbocycles. The van der Waals surface area contributed by atoms with Gasteiger partial charge in [-0.15, -0.1) is 0 Å². The van der Waals surface area contributed by atoms with E-state index in [0.717, 1.165) is 4.47 Å². The molecule has 1 rings (SSSR count). The lowest BCUT2D eigenvalue weighted by atomic mass is 10.3. The Hall–Kier alpha value is -0.740. The third-order valence-electron chi connectivity index (χ3n) is 1.27. The predicted molar refractivity (Wildman–Crippen MR) is 53.8 cm³/mol. The molecule has 0 aliphatic rings. The van der Waals surface area contributed by atoms with E-state index in [9.17, 15) is 4.79 Å². The highest BCUT2D eigenvalue weighted by atomic mass is 79.9. The molecule has 0 radical (unpaired) electrons. The smallest absolute Gasteiger partial charge is 0.255 e. The third-order valence-corrected chi connectivity index (χ3v) is 2.50. The van der Waals surface area contributed by atoms with Gasteiger partial charge in [-0.05, 0) is 34.1 Å². The normalized spacial score (nSPS) is 9.69. The highest BCUT2D eigenvalue weighted by Crippen LogP contribution is 2.26. The van der Waals surface area contributed by atoms with Crippen molar-refractivity contribution in [1.82, 2.24) is 0 Å². The van der Waals surface area contributed by atoms with E-state index >= 15 is 0 Å². The zero-order valence-corrected chi connectivity index (χ0v) is 8.93. The van der Waals surface area contributed by atoms with Crippen molar-refractivity contribution in [3.8, 4) is 5.75 Å². The van der Waals surface area contributed by atoms with Crippen LogP contribution in [0.2, 0.25) is 5.02 Å². The van der Waals surface area contributed by atoms with Crippen LogP contribution in [0.5, 0.6) is 5.75 Å². The van der Waals surface area contributed by atoms with E-state index < -0.39 is 5.91 Å². The minimum absolute atomic E-state index is 0.141. The first-order valence-corrected chi connectivity index (χ1v) is 4.63. The molecule has 0 aliphatic carbocycles. The van der Waals surface area contributed by atoms with Gasteiger partial charge in [0.2, 0.25) is 0 Å². The summed E-state index contributed by atoms with van der Waals surface area (Å²) in [7, 11) is 0. The lowest BCUT2D eigenvalue weighted by molar-refractivity contribution is -0.119. The van der Waals surface area contributed by atoms with Crippen LogP contribution in [-0.4, -0.2) is 12.5 Å². The second-order valence-corrected chi connectivity index (χ2v) is 3.59. The Morgan fingerprint density at radius 3 is 2.85 bits per heavy atom. The fraction of sp³-hybridized carbons (Fsp3) is 0.125. The molecular formula is C8H7BrClNO2. The number of nitrogens with two attached hydrogens (primary N) is 1. The monoisotopic (exact) mass is 263 g/mol. The maximum absolute atomic E-state index is 10.4. The first-order chi connectivity index (χ1) is 6.09. The van der Waals surface area contributed by atoms with E-state index in [1.807, 2.05) is 0 Å². The number of carbonyl (C=O) groups is 1. The van der Waals surface area contributed by atoms with Crippen LogP contribution >= 0.6 is 27.5 Å². The van der Waals surface area contributed by atoms with Gasteiger partial charge in [0.1, 0.15) is 5.75 Å². The molecule has 0 spiro atoms. The lowest BCUT2D eigenvalue weighted by Crippen LogP contribution is -2.19. The van der Waals surface area contributed by atoms with Crippen LogP contribution in [0, 0.1) is 0 Å². The van der Waals surface area contributed by atoms with E-state index in [2.05, 4.69) is 15.9 Å². The van der Waals surface area contributed by atoms with Crippen molar-refractivity contribution in [2.75, 3.05) is 6.61 Å². The Kier molecular flexibility index (Phi) is 3.57. The fourth-order valence-electron chi connectivity index (χ4n) is 0.721. The first-order valence-electron chi connectivity index (χ1n) is 3.46. The molecule has 0 atom stereocenters. The van der Waals surface area contributed by atoms with Crippen molar-refractivity contribution in [2.45, 2.75) is 0 Å². The number of ether oxygens (including phenoxy) is 1. The van der Waals surface area contributed by atoms with Crippen LogP contribution < -0.4 is 10.5 Å². The quantitative estimate of drug-likeness (QED) is 0.907. The Morgan fingerprint density at radius 1 is 1.62 bits per heavy atom. The Bertz CT molecular complexity index is 330. The van der Waals surface area contributed by atoms with Crippen molar-refractivity contribution in [1.29, 1.82) is 0 Å². The Labute approximate surface area is 88.9 Å². The number of amides is 1. The standard InChI is InChI=1S/C8H7BrClNO2/c9-6-2-1-5(3-7(6)10)13-4-8(11)12/h1-3H,4H2,(H2,11,12). The largest absolute Gasteiger partial charge is 0.484 e. The zero-order chi connectivity index (χ0) is 9.84. The maximum atomic E-state index is 10.4. The van der Waals surface area contributed by atoms with Gasteiger partial charge in [0.05, 0.1) is 5.02 Å². The molecule has 13 heavy (non-hydrogen) atoms. The number of primary amides is 1. The Morgan fingerprint density at radius 2 is 2.31 bits per heavy atom. The summed E-state index contributed by atoms with van der Waals surface area (Å²) in [5.74, 6) is 0.00559. The molecule has 0 aliphatic heterocycles. The topological polar surface area (TPSA) is 52.3 Å². The molecule has 1 amide bonds. The number of halogens is 2. The average molecular weight is 265 g/mol. The molecule has 2 N–H and O–H groups in total. The van der Waals surface area contributed by atoms with E-state index in [4.69, 9.17) is 22.1 Å². The van der Waals surface area contributed by atoms with Crippen LogP contribution in [0.3, 0.4) is 0 Å². The number of hydrogen-bond acceptors (Lipinski definition) is 2. The van der Waals surface area contributed by atoms with Crippen LogP contribution in [0.25, 0.3) is 0 Å². The summed E-state index contributed by atoms with van der Waals surface area (Å²) in [5, 5.41) is 0.530. The molecule has 70 valence electrons. The number of rotatable bonds is 3. The van der Waals surface area contributed by atoms with Crippen molar-refractivity contribution >= 4 is 33.4 Å². The van der Waals surface area contributed by atoms with Crippen LogP contribution in [0.4, 0.5) is 0 Å². The number of benzene rings is 1. The zero-order valence-electron chi connectivity index (χ0n) is 6.59. The van der Waals surface area contributed by atoms with Gasteiger partial charge in [0, 0.05) is 4.47 Å². The summed E-state index contributed by atoms with van der Waals surface area (Å²) in [6.45, 7) is -0.141. The Balaban J connectivity index is 2.68. The van der Waals surface area contributed by atoms with Crippen LogP contribution in [-0.2, 0) is 4.79 Å². The summed E-state index contributed by atoms with van der Waals surface area (Å²) >= 11 is 9.02. The molecular weight excluding hydrogens is 257 g/mol.